The molecular formula is C16H18N2O4S. The van der Waals surface area contributed by atoms with Crippen LogP contribution in [0.3, 0.4) is 0 Å². The quantitative estimate of drug-likeness (QED) is 0.619. The van der Waals surface area contributed by atoms with E-state index in [2.05, 4.69) is 0 Å². The number of nitro benzene ring substituents is 1. The molecule has 2 rings (SSSR count). The van der Waals surface area contributed by atoms with Gasteiger partial charge in [-0.1, -0.05) is 24.3 Å². The van der Waals surface area contributed by atoms with Crippen molar-refractivity contribution < 1.29 is 13.3 Å². The second kappa shape index (κ2) is 6.37. The van der Waals surface area contributed by atoms with Gasteiger partial charge in [0.05, 0.1) is 10.6 Å². The van der Waals surface area contributed by atoms with Crippen LogP contribution in [0.4, 0.5) is 11.4 Å². The summed E-state index contributed by atoms with van der Waals surface area (Å²) in [6, 6.07) is 12.3. The number of nitrogens with zero attached hydrogens (tertiary/aromatic N) is 2. The van der Waals surface area contributed by atoms with Gasteiger partial charge in [-0.15, -0.1) is 0 Å². The molecule has 0 heterocycles. The Bertz CT molecular complexity index is 817. The van der Waals surface area contributed by atoms with Crippen molar-refractivity contribution in [3.63, 3.8) is 0 Å². The maximum Gasteiger partial charge on any atom is 0.290 e. The monoisotopic (exact) mass is 334 g/mol. The number of sulfonamides is 1. The van der Waals surface area contributed by atoms with E-state index in [1.165, 1.54) is 16.4 Å². The van der Waals surface area contributed by atoms with E-state index in [1.54, 1.807) is 57.2 Å². The number of benzene rings is 2. The molecule has 23 heavy (non-hydrogen) atoms. The van der Waals surface area contributed by atoms with Crippen LogP contribution in [0.5, 0.6) is 0 Å². The Morgan fingerprint density at radius 2 is 1.70 bits per heavy atom. The number of hydrogen-bond acceptors (Lipinski definition) is 4. The van der Waals surface area contributed by atoms with E-state index in [-0.39, 0.29) is 10.9 Å². The molecule has 0 amide bonds. The van der Waals surface area contributed by atoms with Crippen LogP contribution in [-0.2, 0) is 10.0 Å². The van der Waals surface area contributed by atoms with Crippen LogP contribution in [0.15, 0.2) is 53.4 Å². The molecule has 0 bridgehead atoms. The smallest absolute Gasteiger partial charge is 0.264 e. The predicted molar refractivity (Wildman–Crippen MR) is 89.1 cm³/mol. The first-order chi connectivity index (χ1) is 10.7. The zero-order valence-corrected chi connectivity index (χ0v) is 13.9. The molecule has 0 N–H and O–H groups in total. The van der Waals surface area contributed by atoms with Crippen LogP contribution in [0, 0.1) is 17.0 Å². The molecule has 0 radical (unpaired) electrons. The summed E-state index contributed by atoms with van der Waals surface area (Å²) in [5.74, 6) is 0. The summed E-state index contributed by atoms with van der Waals surface area (Å²) in [6.07, 6.45) is 0. The molecule has 0 spiro atoms. The van der Waals surface area contributed by atoms with Crippen LogP contribution >= 0.6 is 0 Å². The molecule has 0 saturated heterocycles. The van der Waals surface area contributed by atoms with E-state index in [0.717, 1.165) is 0 Å². The summed E-state index contributed by atoms with van der Waals surface area (Å²) in [7, 11) is -4.05. The maximum absolute atomic E-state index is 13.0. The van der Waals surface area contributed by atoms with Gasteiger partial charge in [0.25, 0.3) is 15.7 Å². The lowest BCUT2D eigenvalue weighted by Crippen LogP contribution is -2.37. The highest BCUT2D eigenvalue weighted by Gasteiger charge is 2.33. The number of anilines is 1. The van der Waals surface area contributed by atoms with E-state index in [1.807, 2.05) is 0 Å². The Morgan fingerprint density at radius 3 is 2.22 bits per heavy atom. The van der Waals surface area contributed by atoms with Crippen LogP contribution < -0.4 is 4.31 Å². The maximum atomic E-state index is 13.0. The molecular weight excluding hydrogens is 316 g/mol. The third-order valence-electron chi connectivity index (χ3n) is 3.33. The van der Waals surface area contributed by atoms with Gasteiger partial charge in [-0.05, 0) is 44.5 Å². The van der Waals surface area contributed by atoms with E-state index in [0.29, 0.717) is 11.3 Å². The average molecular weight is 334 g/mol. The highest BCUT2D eigenvalue weighted by Crippen LogP contribution is 2.31. The van der Waals surface area contributed by atoms with Gasteiger partial charge in [-0.25, -0.2) is 8.42 Å². The van der Waals surface area contributed by atoms with Crippen LogP contribution in [0.1, 0.15) is 19.4 Å². The van der Waals surface area contributed by atoms with Gasteiger partial charge in [0.2, 0.25) is 0 Å². The molecule has 0 aliphatic carbocycles. The Hall–Kier alpha value is -2.41. The van der Waals surface area contributed by atoms with Crippen molar-refractivity contribution in [2.45, 2.75) is 31.7 Å². The van der Waals surface area contributed by atoms with Gasteiger partial charge in [-0.2, -0.15) is 0 Å². The summed E-state index contributed by atoms with van der Waals surface area (Å²) in [5.41, 5.74) is 0.690. The van der Waals surface area contributed by atoms with Crippen molar-refractivity contribution in [3.05, 3.63) is 64.2 Å². The fraction of sp³-hybridized carbons (Fsp3) is 0.250. The Balaban J connectivity index is 2.67. The Morgan fingerprint density at radius 1 is 1.09 bits per heavy atom. The molecule has 0 aliphatic heterocycles. The van der Waals surface area contributed by atoms with Gasteiger partial charge < -0.3 is 0 Å². The van der Waals surface area contributed by atoms with Gasteiger partial charge in [-0.3, -0.25) is 14.4 Å². The van der Waals surface area contributed by atoms with Crippen molar-refractivity contribution in [1.29, 1.82) is 0 Å². The summed E-state index contributed by atoms with van der Waals surface area (Å²) in [5, 5.41) is 11.3. The lowest BCUT2D eigenvalue weighted by molar-refractivity contribution is -0.387. The molecule has 2 aromatic carbocycles. The fourth-order valence-corrected chi connectivity index (χ4v) is 4.19. The first kappa shape index (κ1) is 17.0. The summed E-state index contributed by atoms with van der Waals surface area (Å²) in [4.78, 5) is 10.3. The molecule has 7 heteroatoms. The first-order valence-electron chi connectivity index (χ1n) is 7.09. The lowest BCUT2D eigenvalue weighted by Gasteiger charge is -2.28. The largest absolute Gasteiger partial charge is 0.290 e. The zero-order valence-electron chi connectivity index (χ0n) is 13.1. The topological polar surface area (TPSA) is 80.5 Å². The standard InChI is InChI=1S/C16H18N2O4S/c1-12(2)17(14-7-5-4-6-8-14)23(21,22)16-10-9-13(3)11-15(16)18(19)20/h4-12H,1-3H3. The second-order valence-electron chi connectivity index (χ2n) is 5.46. The van der Waals surface area contributed by atoms with Gasteiger partial charge in [0, 0.05) is 12.1 Å². The normalized spacial score (nSPS) is 11.5. The van der Waals surface area contributed by atoms with Gasteiger partial charge in [0.1, 0.15) is 0 Å². The first-order valence-corrected chi connectivity index (χ1v) is 8.53. The second-order valence-corrected chi connectivity index (χ2v) is 7.24. The zero-order chi connectivity index (χ0) is 17.2. The average Bonchev–Trinajstić information content (AvgIpc) is 2.47. The van der Waals surface area contributed by atoms with Crippen LogP contribution in [0.2, 0.25) is 0 Å². The highest BCUT2D eigenvalue weighted by molar-refractivity contribution is 7.93. The van der Waals surface area contributed by atoms with Crippen molar-refractivity contribution in [2.24, 2.45) is 0 Å². The van der Waals surface area contributed by atoms with E-state index in [4.69, 9.17) is 0 Å². The van der Waals surface area contributed by atoms with Crippen molar-refractivity contribution in [1.82, 2.24) is 0 Å². The number of para-hydroxylation sites is 1. The lowest BCUT2D eigenvalue weighted by atomic mass is 10.2. The molecule has 0 atom stereocenters. The van der Waals surface area contributed by atoms with Crippen LogP contribution in [-0.4, -0.2) is 19.4 Å². The van der Waals surface area contributed by atoms with Gasteiger partial charge >= 0.3 is 0 Å². The summed E-state index contributed by atoms with van der Waals surface area (Å²) < 4.78 is 27.3. The van der Waals surface area contributed by atoms with E-state index >= 15 is 0 Å². The third-order valence-corrected chi connectivity index (χ3v) is 5.38. The molecule has 122 valence electrons. The molecule has 2 aromatic rings. The molecule has 0 aliphatic rings. The molecule has 0 fully saturated rings. The minimum absolute atomic E-state index is 0.300. The summed E-state index contributed by atoms with van der Waals surface area (Å²) >= 11 is 0. The van der Waals surface area contributed by atoms with E-state index < -0.39 is 20.6 Å². The SMILES string of the molecule is Cc1ccc(S(=O)(=O)N(c2ccccc2)C(C)C)c([N+](=O)[O-])c1. The number of aryl methyl sites for hydroxylation is 1. The predicted octanol–water partition coefficient (Wildman–Crippen LogP) is 3.51. The molecule has 0 saturated carbocycles. The van der Waals surface area contributed by atoms with Crippen molar-refractivity contribution in [2.75, 3.05) is 4.31 Å². The highest BCUT2D eigenvalue weighted by atomic mass is 32.2. The van der Waals surface area contributed by atoms with Gasteiger partial charge in [0.15, 0.2) is 4.90 Å². The van der Waals surface area contributed by atoms with Crippen LogP contribution in [0.25, 0.3) is 0 Å². The number of rotatable bonds is 5. The minimum Gasteiger partial charge on any atom is -0.264 e. The molecule has 0 aromatic heterocycles. The summed E-state index contributed by atoms with van der Waals surface area (Å²) in [6.45, 7) is 5.13. The Kier molecular flexibility index (Phi) is 4.70. The van der Waals surface area contributed by atoms with Crippen molar-refractivity contribution in [3.8, 4) is 0 Å². The Labute approximate surface area is 135 Å². The third kappa shape index (κ3) is 3.34. The molecule has 6 nitrogen and oxygen atoms in total. The minimum atomic E-state index is -4.05. The van der Waals surface area contributed by atoms with Crippen molar-refractivity contribution >= 4 is 21.4 Å². The molecule has 0 unspecified atom stereocenters. The van der Waals surface area contributed by atoms with E-state index in [9.17, 15) is 18.5 Å². The number of hydrogen-bond donors (Lipinski definition) is 0. The number of nitro groups is 1. The fourth-order valence-electron chi connectivity index (χ4n) is 2.38.